The first kappa shape index (κ1) is 26.1. The second-order valence-electron chi connectivity index (χ2n) is 6.96. The van der Waals surface area contributed by atoms with Crippen LogP contribution in [-0.2, 0) is 16.0 Å². The highest BCUT2D eigenvalue weighted by Crippen LogP contribution is 2.28. The second kappa shape index (κ2) is 13.4. The molecular weight excluding hydrogens is 472 g/mol. The van der Waals surface area contributed by atoms with E-state index in [2.05, 4.69) is 25.6 Å². The number of nitrogens with two attached hydrogens (primary N) is 1. The van der Waals surface area contributed by atoms with Crippen molar-refractivity contribution in [2.45, 2.75) is 6.54 Å². The normalized spacial score (nSPS) is 10.9. The maximum Gasteiger partial charge on any atom is 0.328 e. The van der Waals surface area contributed by atoms with Gasteiger partial charge in [-0.05, 0) is 29.8 Å². The lowest BCUT2D eigenvalue weighted by Crippen LogP contribution is -2.16. The Morgan fingerprint density at radius 1 is 0.743 bits per heavy atom. The van der Waals surface area contributed by atoms with E-state index in [0.29, 0.717) is 32.4 Å². The summed E-state index contributed by atoms with van der Waals surface area (Å²) >= 11 is 0. The number of hydrogen-bond acceptors (Lipinski definition) is 9. The molecule has 13 heteroatoms. The van der Waals surface area contributed by atoms with Crippen molar-refractivity contribution < 1.29 is 31.8 Å². The predicted molar refractivity (Wildman–Crippen MR) is 119 cm³/mol. The van der Waals surface area contributed by atoms with Crippen molar-refractivity contribution in [1.82, 2.24) is 15.0 Å². The molecule has 35 heavy (non-hydrogen) atoms. The van der Waals surface area contributed by atoms with Crippen molar-refractivity contribution in [3.63, 3.8) is 0 Å². The molecule has 188 valence electrons. The third-order valence-corrected chi connectivity index (χ3v) is 4.34. The zero-order chi connectivity index (χ0) is 25.0. The standard InChI is InChI=1S/C22H24F4N6O3/c23-15-3-1-14(2-4-15)13-29-21-30-20(28-8-10-34-12-11-33-9-7-27)31-22(32-21)35-19-17(25)6-5-16(24)18(19)26/h1-6H,7-13,27H2,(H2,28,29,30,31,32). The van der Waals surface area contributed by atoms with Gasteiger partial charge in [-0.15, -0.1) is 0 Å². The summed E-state index contributed by atoms with van der Waals surface area (Å²) in [5.74, 6) is -5.32. The zero-order valence-electron chi connectivity index (χ0n) is 18.6. The monoisotopic (exact) mass is 496 g/mol. The number of rotatable bonds is 14. The summed E-state index contributed by atoms with van der Waals surface area (Å²) in [6, 6.07) is 6.58. The van der Waals surface area contributed by atoms with Gasteiger partial charge in [-0.25, -0.2) is 13.2 Å². The molecule has 0 spiro atoms. The molecule has 1 heterocycles. The Kier molecular flexibility index (Phi) is 9.95. The van der Waals surface area contributed by atoms with Gasteiger partial charge in [0.05, 0.1) is 26.4 Å². The van der Waals surface area contributed by atoms with Crippen LogP contribution in [0.1, 0.15) is 5.56 Å². The van der Waals surface area contributed by atoms with E-state index in [1.54, 1.807) is 12.1 Å². The van der Waals surface area contributed by atoms with Gasteiger partial charge in [-0.3, -0.25) is 0 Å². The lowest BCUT2D eigenvalue weighted by atomic mass is 10.2. The second-order valence-corrected chi connectivity index (χ2v) is 6.96. The summed E-state index contributed by atoms with van der Waals surface area (Å²) in [4.78, 5) is 12.1. The van der Waals surface area contributed by atoms with Crippen molar-refractivity contribution in [3.8, 4) is 11.8 Å². The summed E-state index contributed by atoms with van der Waals surface area (Å²) in [5.41, 5.74) is 6.05. The molecule has 0 saturated heterocycles. The summed E-state index contributed by atoms with van der Waals surface area (Å²) in [6.45, 7) is 2.37. The molecule has 0 fully saturated rings. The minimum absolute atomic E-state index is 0.00449. The van der Waals surface area contributed by atoms with Crippen LogP contribution in [0.4, 0.5) is 29.5 Å². The summed E-state index contributed by atoms with van der Waals surface area (Å²) in [5, 5.41) is 5.77. The van der Waals surface area contributed by atoms with E-state index in [9.17, 15) is 17.6 Å². The van der Waals surface area contributed by atoms with Gasteiger partial charge in [-0.1, -0.05) is 12.1 Å². The highest BCUT2D eigenvalue weighted by Gasteiger charge is 2.18. The zero-order valence-corrected chi connectivity index (χ0v) is 18.6. The molecule has 0 radical (unpaired) electrons. The van der Waals surface area contributed by atoms with Crippen molar-refractivity contribution in [2.75, 3.05) is 50.2 Å². The third-order valence-electron chi connectivity index (χ3n) is 4.34. The van der Waals surface area contributed by atoms with Gasteiger partial charge in [0.25, 0.3) is 0 Å². The Labute approximate surface area is 198 Å². The van der Waals surface area contributed by atoms with Crippen LogP contribution in [0.2, 0.25) is 0 Å². The number of ether oxygens (including phenoxy) is 3. The molecule has 0 aliphatic heterocycles. The first-order chi connectivity index (χ1) is 17.0. The molecular formula is C22H24F4N6O3. The van der Waals surface area contributed by atoms with Crippen LogP contribution in [0, 0.1) is 23.3 Å². The van der Waals surface area contributed by atoms with E-state index in [1.807, 2.05) is 0 Å². The quantitative estimate of drug-likeness (QED) is 0.176. The van der Waals surface area contributed by atoms with Crippen LogP contribution in [-0.4, -0.2) is 54.5 Å². The van der Waals surface area contributed by atoms with E-state index in [4.69, 9.17) is 19.9 Å². The number of aromatic nitrogens is 3. The fourth-order valence-electron chi connectivity index (χ4n) is 2.68. The molecule has 0 aliphatic rings. The van der Waals surface area contributed by atoms with Crippen molar-refractivity contribution in [3.05, 3.63) is 65.2 Å². The number of halogens is 4. The van der Waals surface area contributed by atoms with Crippen LogP contribution >= 0.6 is 0 Å². The summed E-state index contributed by atoms with van der Waals surface area (Å²) < 4.78 is 70.4. The van der Waals surface area contributed by atoms with Gasteiger partial charge in [0.1, 0.15) is 5.82 Å². The first-order valence-corrected chi connectivity index (χ1v) is 10.6. The molecule has 2 aromatic carbocycles. The maximum absolute atomic E-state index is 14.0. The van der Waals surface area contributed by atoms with Gasteiger partial charge in [0, 0.05) is 19.6 Å². The van der Waals surface area contributed by atoms with Gasteiger partial charge in [0.2, 0.25) is 23.5 Å². The number of nitrogens with zero attached hydrogens (tertiary/aromatic N) is 3. The molecule has 1 aromatic heterocycles. The molecule has 3 rings (SSSR count). The van der Waals surface area contributed by atoms with Gasteiger partial charge < -0.3 is 30.6 Å². The van der Waals surface area contributed by atoms with Gasteiger partial charge >= 0.3 is 6.01 Å². The predicted octanol–water partition coefficient (Wildman–Crippen LogP) is 3.24. The molecule has 3 aromatic rings. The average Bonchev–Trinajstić information content (AvgIpc) is 2.85. The van der Waals surface area contributed by atoms with E-state index >= 15 is 0 Å². The van der Waals surface area contributed by atoms with E-state index < -0.39 is 29.2 Å². The van der Waals surface area contributed by atoms with E-state index in [0.717, 1.165) is 11.6 Å². The van der Waals surface area contributed by atoms with Crippen LogP contribution in [0.15, 0.2) is 36.4 Å². The Morgan fingerprint density at radius 2 is 1.40 bits per heavy atom. The smallest absolute Gasteiger partial charge is 0.328 e. The number of nitrogens with one attached hydrogen (secondary N) is 2. The fourth-order valence-corrected chi connectivity index (χ4v) is 2.68. The van der Waals surface area contributed by atoms with Crippen molar-refractivity contribution in [1.29, 1.82) is 0 Å². The lowest BCUT2D eigenvalue weighted by Gasteiger charge is -2.12. The first-order valence-electron chi connectivity index (χ1n) is 10.6. The highest BCUT2D eigenvalue weighted by atomic mass is 19.2. The minimum atomic E-state index is -1.52. The largest absolute Gasteiger partial charge is 0.418 e. The molecule has 0 aliphatic carbocycles. The fraction of sp³-hybridized carbons (Fsp3) is 0.318. The summed E-state index contributed by atoms with van der Waals surface area (Å²) in [7, 11) is 0. The van der Waals surface area contributed by atoms with E-state index in [1.165, 1.54) is 12.1 Å². The van der Waals surface area contributed by atoms with E-state index in [-0.39, 0.29) is 37.4 Å². The average molecular weight is 496 g/mol. The topological polar surface area (TPSA) is 116 Å². The number of anilines is 2. The highest BCUT2D eigenvalue weighted by molar-refractivity contribution is 5.38. The molecule has 0 amide bonds. The maximum atomic E-state index is 14.0. The minimum Gasteiger partial charge on any atom is -0.418 e. The van der Waals surface area contributed by atoms with Crippen molar-refractivity contribution in [2.24, 2.45) is 5.73 Å². The van der Waals surface area contributed by atoms with Gasteiger partial charge in [0.15, 0.2) is 11.6 Å². The third kappa shape index (κ3) is 8.31. The van der Waals surface area contributed by atoms with Crippen LogP contribution < -0.4 is 21.1 Å². The molecule has 0 saturated carbocycles. The Bertz CT molecular complexity index is 1090. The lowest BCUT2D eigenvalue weighted by molar-refractivity contribution is 0.0547. The number of hydrogen-bond donors (Lipinski definition) is 3. The molecule has 9 nitrogen and oxygen atoms in total. The SMILES string of the molecule is NCCOCCOCCNc1nc(NCc2ccc(F)cc2)nc(Oc2c(F)ccc(F)c2F)n1. The van der Waals surface area contributed by atoms with Gasteiger partial charge in [-0.2, -0.15) is 19.3 Å². The molecule has 0 atom stereocenters. The van der Waals surface area contributed by atoms with Crippen LogP contribution in [0.5, 0.6) is 11.8 Å². The molecule has 0 unspecified atom stereocenters. The Morgan fingerprint density at radius 3 is 2.11 bits per heavy atom. The van der Waals surface area contributed by atoms with Crippen molar-refractivity contribution >= 4 is 11.9 Å². The Hall–Kier alpha value is -3.55. The Balaban J connectivity index is 1.69. The van der Waals surface area contributed by atoms with Crippen LogP contribution in [0.25, 0.3) is 0 Å². The number of benzene rings is 2. The molecule has 0 bridgehead atoms. The van der Waals surface area contributed by atoms with Crippen LogP contribution in [0.3, 0.4) is 0 Å². The summed E-state index contributed by atoms with van der Waals surface area (Å²) in [6.07, 6.45) is 0. The molecule has 4 N–H and O–H groups in total.